The highest BCUT2D eigenvalue weighted by Gasteiger charge is 2.25. The lowest BCUT2D eigenvalue weighted by Gasteiger charge is -2.31. The lowest BCUT2D eigenvalue weighted by Crippen LogP contribution is -2.44. The SMILES string of the molecule is CNC1CCN(C(=O)c2cc(-c3ccco3)on2)CC1. The standard InChI is InChI=1S/C14H17N3O3/c1-15-10-4-6-17(7-5-10)14(18)11-9-13(20-16-11)12-3-2-8-19-12/h2-3,8-10,15H,4-7H2,1H3. The van der Waals surface area contributed by atoms with E-state index in [4.69, 9.17) is 8.94 Å². The van der Waals surface area contributed by atoms with Crippen molar-refractivity contribution in [1.29, 1.82) is 0 Å². The minimum atomic E-state index is -0.0823. The first-order chi connectivity index (χ1) is 9.78. The summed E-state index contributed by atoms with van der Waals surface area (Å²) in [5, 5.41) is 7.09. The average molecular weight is 275 g/mol. The van der Waals surface area contributed by atoms with Gasteiger partial charge in [-0.2, -0.15) is 0 Å². The second-order valence-corrected chi connectivity index (χ2v) is 4.91. The number of aromatic nitrogens is 1. The lowest BCUT2D eigenvalue weighted by molar-refractivity contribution is 0.0697. The predicted octanol–water partition coefficient (Wildman–Crippen LogP) is 1.76. The Balaban J connectivity index is 1.69. The first-order valence-corrected chi connectivity index (χ1v) is 6.75. The molecule has 1 N–H and O–H groups in total. The molecule has 0 saturated carbocycles. The summed E-state index contributed by atoms with van der Waals surface area (Å²) >= 11 is 0. The predicted molar refractivity (Wildman–Crippen MR) is 72.2 cm³/mol. The molecule has 0 bridgehead atoms. The van der Waals surface area contributed by atoms with E-state index in [2.05, 4.69) is 10.5 Å². The Morgan fingerprint density at radius 2 is 2.20 bits per heavy atom. The molecule has 0 aliphatic carbocycles. The zero-order valence-corrected chi connectivity index (χ0v) is 11.3. The summed E-state index contributed by atoms with van der Waals surface area (Å²) in [5.41, 5.74) is 0.333. The van der Waals surface area contributed by atoms with E-state index in [-0.39, 0.29) is 5.91 Å². The number of hydrogen-bond donors (Lipinski definition) is 1. The number of carbonyl (C=O) groups is 1. The van der Waals surface area contributed by atoms with Gasteiger partial charge >= 0.3 is 0 Å². The topological polar surface area (TPSA) is 71.5 Å². The van der Waals surface area contributed by atoms with Crippen LogP contribution in [0.25, 0.3) is 11.5 Å². The molecule has 6 heteroatoms. The fraction of sp³-hybridized carbons (Fsp3) is 0.429. The molecular formula is C14H17N3O3. The van der Waals surface area contributed by atoms with Gasteiger partial charge in [0, 0.05) is 25.2 Å². The summed E-state index contributed by atoms with van der Waals surface area (Å²) in [4.78, 5) is 14.1. The van der Waals surface area contributed by atoms with Crippen molar-refractivity contribution in [3.8, 4) is 11.5 Å². The molecule has 2 aromatic heterocycles. The number of nitrogens with one attached hydrogen (secondary N) is 1. The molecule has 0 radical (unpaired) electrons. The Labute approximate surface area is 116 Å². The van der Waals surface area contributed by atoms with Crippen molar-refractivity contribution in [1.82, 2.24) is 15.4 Å². The summed E-state index contributed by atoms with van der Waals surface area (Å²) in [5.74, 6) is 0.968. The van der Waals surface area contributed by atoms with Crippen molar-refractivity contribution < 1.29 is 13.7 Å². The Hall–Kier alpha value is -2.08. The van der Waals surface area contributed by atoms with E-state index in [1.807, 2.05) is 11.9 Å². The molecule has 106 valence electrons. The van der Waals surface area contributed by atoms with Gasteiger partial charge in [0.15, 0.2) is 11.5 Å². The second-order valence-electron chi connectivity index (χ2n) is 4.91. The largest absolute Gasteiger partial charge is 0.461 e. The van der Waals surface area contributed by atoms with Gasteiger partial charge in [-0.3, -0.25) is 4.79 Å². The third kappa shape index (κ3) is 2.46. The van der Waals surface area contributed by atoms with E-state index < -0.39 is 0 Å². The maximum atomic E-state index is 12.3. The number of rotatable bonds is 3. The molecule has 20 heavy (non-hydrogen) atoms. The number of piperidine rings is 1. The normalized spacial score (nSPS) is 16.6. The van der Waals surface area contributed by atoms with Gasteiger partial charge in [-0.05, 0) is 32.0 Å². The first-order valence-electron chi connectivity index (χ1n) is 6.75. The highest BCUT2D eigenvalue weighted by atomic mass is 16.5. The van der Waals surface area contributed by atoms with Crippen LogP contribution in [0, 0.1) is 0 Å². The van der Waals surface area contributed by atoms with Crippen LogP contribution in [0.1, 0.15) is 23.3 Å². The van der Waals surface area contributed by atoms with Crippen molar-refractivity contribution in [3.63, 3.8) is 0 Å². The number of nitrogens with zero attached hydrogens (tertiary/aromatic N) is 2. The summed E-state index contributed by atoms with van der Waals surface area (Å²) in [6.45, 7) is 1.49. The van der Waals surface area contributed by atoms with Crippen molar-refractivity contribution in [2.24, 2.45) is 0 Å². The van der Waals surface area contributed by atoms with Crippen LogP contribution in [0.4, 0.5) is 0 Å². The van der Waals surface area contributed by atoms with Crippen molar-refractivity contribution in [2.45, 2.75) is 18.9 Å². The van der Waals surface area contributed by atoms with Crippen LogP contribution >= 0.6 is 0 Å². The lowest BCUT2D eigenvalue weighted by atomic mass is 10.1. The number of likely N-dealkylation sites (tertiary alicyclic amines) is 1. The minimum Gasteiger partial charge on any atom is -0.461 e. The van der Waals surface area contributed by atoms with Gasteiger partial charge in [-0.25, -0.2) is 0 Å². The number of furan rings is 1. The Morgan fingerprint density at radius 3 is 2.85 bits per heavy atom. The quantitative estimate of drug-likeness (QED) is 0.924. The molecule has 1 fully saturated rings. The number of hydrogen-bond acceptors (Lipinski definition) is 5. The first kappa shape index (κ1) is 12.9. The molecule has 3 heterocycles. The molecule has 6 nitrogen and oxygen atoms in total. The molecule has 0 atom stereocenters. The highest BCUT2D eigenvalue weighted by molar-refractivity contribution is 5.93. The molecule has 2 aromatic rings. The third-order valence-electron chi connectivity index (χ3n) is 3.68. The van der Waals surface area contributed by atoms with E-state index in [1.165, 1.54) is 0 Å². The van der Waals surface area contributed by atoms with Gasteiger partial charge in [0.05, 0.1) is 6.26 Å². The summed E-state index contributed by atoms with van der Waals surface area (Å²) in [6, 6.07) is 5.66. The molecule has 3 rings (SSSR count). The van der Waals surface area contributed by atoms with Crippen molar-refractivity contribution >= 4 is 5.91 Å². The molecule has 1 aliphatic rings. The van der Waals surface area contributed by atoms with Crippen LogP contribution in [0.3, 0.4) is 0 Å². The third-order valence-corrected chi connectivity index (χ3v) is 3.68. The Morgan fingerprint density at radius 1 is 1.40 bits per heavy atom. The zero-order valence-electron chi connectivity index (χ0n) is 11.3. The average Bonchev–Trinajstić information content (AvgIpc) is 3.17. The zero-order chi connectivity index (χ0) is 13.9. The van der Waals surface area contributed by atoms with Crippen LogP contribution in [-0.4, -0.2) is 42.1 Å². The highest BCUT2D eigenvalue weighted by Crippen LogP contribution is 2.22. The van der Waals surface area contributed by atoms with E-state index in [1.54, 1.807) is 24.5 Å². The van der Waals surface area contributed by atoms with Crippen LogP contribution in [-0.2, 0) is 0 Å². The molecule has 1 aliphatic heterocycles. The van der Waals surface area contributed by atoms with E-state index in [0.717, 1.165) is 25.9 Å². The monoisotopic (exact) mass is 275 g/mol. The maximum absolute atomic E-state index is 12.3. The van der Waals surface area contributed by atoms with Gasteiger partial charge in [0.1, 0.15) is 0 Å². The molecular weight excluding hydrogens is 258 g/mol. The Kier molecular flexibility index (Phi) is 3.56. The molecule has 1 amide bonds. The van der Waals surface area contributed by atoms with Gasteiger partial charge in [-0.15, -0.1) is 0 Å². The van der Waals surface area contributed by atoms with Crippen LogP contribution < -0.4 is 5.32 Å². The fourth-order valence-corrected chi connectivity index (χ4v) is 2.44. The van der Waals surface area contributed by atoms with E-state index >= 15 is 0 Å². The number of amides is 1. The van der Waals surface area contributed by atoms with Crippen molar-refractivity contribution in [2.75, 3.05) is 20.1 Å². The molecule has 1 saturated heterocycles. The van der Waals surface area contributed by atoms with E-state index in [0.29, 0.717) is 23.3 Å². The minimum absolute atomic E-state index is 0.0823. The summed E-state index contributed by atoms with van der Waals surface area (Å²) < 4.78 is 10.4. The van der Waals surface area contributed by atoms with Crippen molar-refractivity contribution in [3.05, 3.63) is 30.2 Å². The van der Waals surface area contributed by atoms with Gasteiger partial charge in [0.2, 0.25) is 5.76 Å². The molecule has 0 aromatic carbocycles. The van der Waals surface area contributed by atoms with Crippen LogP contribution in [0.2, 0.25) is 0 Å². The molecule has 0 spiro atoms. The summed E-state index contributed by atoms with van der Waals surface area (Å²) in [7, 11) is 1.95. The van der Waals surface area contributed by atoms with Crippen LogP contribution in [0.5, 0.6) is 0 Å². The van der Waals surface area contributed by atoms with Gasteiger partial charge < -0.3 is 19.2 Å². The molecule has 0 unspecified atom stereocenters. The van der Waals surface area contributed by atoms with Gasteiger partial charge in [-0.1, -0.05) is 5.16 Å². The smallest absolute Gasteiger partial charge is 0.276 e. The Bertz CT molecular complexity index is 568. The number of carbonyl (C=O) groups excluding carboxylic acids is 1. The second kappa shape index (κ2) is 5.50. The fourth-order valence-electron chi connectivity index (χ4n) is 2.44. The summed E-state index contributed by atoms with van der Waals surface area (Å²) in [6.07, 6.45) is 3.48. The maximum Gasteiger partial charge on any atom is 0.276 e. The van der Waals surface area contributed by atoms with Gasteiger partial charge in [0.25, 0.3) is 5.91 Å². The van der Waals surface area contributed by atoms with Crippen LogP contribution in [0.15, 0.2) is 33.4 Å². The van der Waals surface area contributed by atoms with E-state index in [9.17, 15) is 4.79 Å².